The first-order chi connectivity index (χ1) is 15.2. The fourth-order valence-electron chi connectivity index (χ4n) is 4.78. The van der Waals surface area contributed by atoms with Crippen LogP contribution >= 0.6 is 0 Å². The number of carbonyl (C=O) groups excluding carboxylic acids is 2. The number of nitrogens with one attached hydrogen (secondary N) is 2. The van der Waals surface area contributed by atoms with Gasteiger partial charge in [0.15, 0.2) is 0 Å². The second-order valence-corrected chi connectivity index (χ2v) is 8.87. The summed E-state index contributed by atoms with van der Waals surface area (Å²) in [6.07, 6.45) is 9.12. The van der Waals surface area contributed by atoms with Gasteiger partial charge in [0.1, 0.15) is 0 Å². The first-order valence-corrected chi connectivity index (χ1v) is 11.7. The molecule has 5 nitrogen and oxygen atoms in total. The van der Waals surface area contributed by atoms with Gasteiger partial charge in [0.05, 0.1) is 0 Å². The number of likely N-dealkylation sites (tertiary alicyclic amines) is 1. The summed E-state index contributed by atoms with van der Waals surface area (Å²) in [6, 6.07) is 17.8. The van der Waals surface area contributed by atoms with Crippen molar-refractivity contribution in [1.82, 2.24) is 10.2 Å². The van der Waals surface area contributed by atoms with Crippen molar-refractivity contribution in [3.63, 3.8) is 0 Å². The van der Waals surface area contributed by atoms with E-state index in [-0.39, 0.29) is 17.9 Å². The summed E-state index contributed by atoms with van der Waals surface area (Å²) in [5.74, 6) is 0.282. The van der Waals surface area contributed by atoms with Gasteiger partial charge in [-0.25, -0.2) is 4.79 Å². The molecule has 31 heavy (non-hydrogen) atoms. The summed E-state index contributed by atoms with van der Waals surface area (Å²) < 4.78 is 0. The minimum atomic E-state index is -0.0573. The topological polar surface area (TPSA) is 61.4 Å². The van der Waals surface area contributed by atoms with Gasteiger partial charge >= 0.3 is 6.03 Å². The monoisotopic (exact) mass is 419 g/mol. The van der Waals surface area contributed by atoms with E-state index in [1.807, 2.05) is 53.4 Å². The Morgan fingerprint density at radius 2 is 1.61 bits per heavy atom. The molecule has 1 aliphatic carbocycles. The molecule has 0 radical (unpaired) electrons. The van der Waals surface area contributed by atoms with Crippen LogP contribution in [0.4, 0.5) is 10.5 Å². The van der Waals surface area contributed by atoms with Crippen molar-refractivity contribution >= 4 is 17.6 Å². The van der Waals surface area contributed by atoms with Gasteiger partial charge in [0, 0.05) is 36.3 Å². The highest BCUT2D eigenvalue weighted by atomic mass is 16.2. The molecule has 0 bridgehead atoms. The third-order valence-corrected chi connectivity index (χ3v) is 6.54. The molecule has 2 fully saturated rings. The molecule has 2 N–H and O–H groups in total. The maximum Gasteiger partial charge on any atom is 0.321 e. The predicted molar refractivity (Wildman–Crippen MR) is 124 cm³/mol. The molecular formula is C26H33N3O2. The van der Waals surface area contributed by atoms with E-state index < -0.39 is 0 Å². The molecule has 4 rings (SSSR count). The zero-order valence-electron chi connectivity index (χ0n) is 18.2. The molecule has 2 aromatic carbocycles. The summed E-state index contributed by atoms with van der Waals surface area (Å²) in [7, 11) is 0. The van der Waals surface area contributed by atoms with E-state index in [0.29, 0.717) is 12.6 Å². The van der Waals surface area contributed by atoms with E-state index >= 15 is 0 Å². The number of nitrogens with zero attached hydrogens (tertiary/aromatic N) is 1. The molecular weight excluding hydrogens is 386 g/mol. The molecule has 1 saturated carbocycles. The lowest BCUT2D eigenvalue weighted by Crippen LogP contribution is -2.41. The Morgan fingerprint density at radius 3 is 2.39 bits per heavy atom. The van der Waals surface area contributed by atoms with Crippen molar-refractivity contribution in [3.05, 3.63) is 65.7 Å². The Labute approximate surface area is 185 Å². The smallest absolute Gasteiger partial charge is 0.321 e. The lowest BCUT2D eigenvalue weighted by atomic mass is 9.89. The second kappa shape index (κ2) is 10.5. The molecule has 3 amide bonds. The number of piperidine rings is 1. The third kappa shape index (κ3) is 5.87. The molecule has 5 heteroatoms. The number of hydrogen-bond acceptors (Lipinski definition) is 2. The Kier molecular flexibility index (Phi) is 7.23. The minimum absolute atomic E-state index is 0.0308. The zero-order chi connectivity index (χ0) is 21.5. The van der Waals surface area contributed by atoms with Gasteiger partial charge in [-0.3, -0.25) is 4.79 Å². The summed E-state index contributed by atoms with van der Waals surface area (Å²) in [5, 5.41) is 6.23. The van der Waals surface area contributed by atoms with Gasteiger partial charge in [0.2, 0.25) is 0 Å². The predicted octanol–water partition coefficient (Wildman–Crippen LogP) is 5.55. The molecule has 164 valence electrons. The first-order valence-electron chi connectivity index (χ1n) is 11.7. The molecule has 0 unspecified atom stereocenters. The van der Waals surface area contributed by atoms with Gasteiger partial charge < -0.3 is 15.5 Å². The Hall–Kier alpha value is -2.82. The largest absolute Gasteiger partial charge is 0.349 e. The number of urea groups is 1. The van der Waals surface area contributed by atoms with Crippen LogP contribution in [0.1, 0.15) is 73.2 Å². The van der Waals surface area contributed by atoms with Crippen molar-refractivity contribution in [1.29, 1.82) is 0 Å². The highest BCUT2D eigenvalue weighted by molar-refractivity contribution is 5.94. The van der Waals surface area contributed by atoms with Gasteiger partial charge in [0.25, 0.3) is 5.91 Å². The first kappa shape index (κ1) is 21.4. The summed E-state index contributed by atoms with van der Waals surface area (Å²) in [4.78, 5) is 27.5. The van der Waals surface area contributed by atoms with E-state index in [0.717, 1.165) is 49.0 Å². The Bertz CT molecular complexity index is 875. The van der Waals surface area contributed by atoms with Crippen LogP contribution in [0.25, 0.3) is 0 Å². The van der Waals surface area contributed by atoms with Crippen molar-refractivity contribution < 1.29 is 9.59 Å². The van der Waals surface area contributed by atoms with Crippen LogP contribution in [-0.4, -0.2) is 36.0 Å². The molecule has 1 aliphatic heterocycles. The molecule has 2 aliphatic rings. The van der Waals surface area contributed by atoms with Crippen LogP contribution in [0.15, 0.2) is 54.6 Å². The number of carbonyl (C=O) groups is 2. The average molecular weight is 420 g/mol. The van der Waals surface area contributed by atoms with Gasteiger partial charge in [-0.2, -0.15) is 0 Å². The van der Waals surface area contributed by atoms with Gasteiger partial charge in [-0.1, -0.05) is 56.0 Å². The molecule has 2 aromatic rings. The van der Waals surface area contributed by atoms with Crippen LogP contribution < -0.4 is 10.6 Å². The molecule has 0 spiro atoms. The zero-order valence-corrected chi connectivity index (χ0v) is 18.2. The highest BCUT2D eigenvalue weighted by Crippen LogP contribution is 2.28. The Balaban J connectivity index is 1.38. The molecule has 1 atom stereocenters. The quantitative estimate of drug-likeness (QED) is 0.638. The second-order valence-electron chi connectivity index (χ2n) is 8.87. The minimum Gasteiger partial charge on any atom is -0.349 e. The summed E-state index contributed by atoms with van der Waals surface area (Å²) in [6.45, 7) is 1.43. The van der Waals surface area contributed by atoms with Crippen molar-refractivity contribution in [3.8, 4) is 0 Å². The lowest BCUT2D eigenvalue weighted by Gasteiger charge is -2.33. The number of amides is 3. The van der Waals surface area contributed by atoms with Crippen molar-refractivity contribution in [2.75, 3.05) is 18.4 Å². The van der Waals surface area contributed by atoms with Crippen LogP contribution in [0, 0.1) is 0 Å². The highest BCUT2D eigenvalue weighted by Gasteiger charge is 2.25. The normalized spacial score (nSPS) is 20.0. The van der Waals surface area contributed by atoms with Gasteiger partial charge in [-0.15, -0.1) is 0 Å². The molecule has 0 aromatic heterocycles. The van der Waals surface area contributed by atoms with E-state index in [2.05, 4.69) is 16.7 Å². The summed E-state index contributed by atoms with van der Waals surface area (Å²) in [5.41, 5.74) is 2.69. The number of rotatable bonds is 4. The van der Waals surface area contributed by atoms with Crippen molar-refractivity contribution in [2.45, 2.75) is 63.3 Å². The maximum absolute atomic E-state index is 12.9. The fourth-order valence-corrected chi connectivity index (χ4v) is 4.78. The van der Waals surface area contributed by atoms with E-state index in [1.54, 1.807) is 0 Å². The van der Waals surface area contributed by atoms with Crippen molar-refractivity contribution in [2.24, 2.45) is 0 Å². The van der Waals surface area contributed by atoms with E-state index in [4.69, 9.17) is 0 Å². The number of hydrogen-bond donors (Lipinski definition) is 2. The Morgan fingerprint density at radius 1 is 0.839 bits per heavy atom. The van der Waals surface area contributed by atoms with Crippen LogP contribution in [-0.2, 0) is 0 Å². The lowest BCUT2D eigenvalue weighted by molar-refractivity contribution is 0.0933. The van der Waals surface area contributed by atoms with E-state index in [9.17, 15) is 9.59 Å². The van der Waals surface area contributed by atoms with Gasteiger partial charge in [-0.05, 0) is 55.5 Å². The molecule has 1 saturated heterocycles. The standard InChI is InChI=1S/C26H33N3O2/c30-25(27-23-13-4-1-2-5-14-23)21-11-8-10-20(18-21)22-12-9-17-29(19-22)26(31)28-24-15-6-3-7-16-24/h3,6-8,10-11,15-16,18,22-23H,1-2,4-5,9,12-14,17,19H2,(H,27,30)(H,28,31)/t22-/m1/s1. The number of benzene rings is 2. The average Bonchev–Trinajstić information content (AvgIpc) is 3.08. The van der Waals surface area contributed by atoms with Crippen LogP contribution in [0.5, 0.6) is 0 Å². The molecule has 1 heterocycles. The third-order valence-electron chi connectivity index (χ3n) is 6.54. The number of anilines is 1. The van der Waals surface area contributed by atoms with E-state index in [1.165, 1.54) is 25.7 Å². The maximum atomic E-state index is 12.9. The SMILES string of the molecule is O=C(NC1CCCCCC1)c1cccc([C@@H]2CCCN(C(=O)Nc3ccccc3)C2)c1. The summed E-state index contributed by atoms with van der Waals surface area (Å²) >= 11 is 0. The van der Waals surface area contributed by atoms with Crippen LogP contribution in [0.2, 0.25) is 0 Å². The van der Waals surface area contributed by atoms with Crippen LogP contribution in [0.3, 0.4) is 0 Å². The number of para-hydroxylation sites is 1. The fraction of sp³-hybridized carbons (Fsp3) is 0.462.